The second-order valence-corrected chi connectivity index (χ2v) is 4.08. The third kappa shape index (κ3) is 2.73. The average Bonchev–Trinajstić information content (AvgIpc) is 2.47. The first-order chi connectivity index (χ1) is 5.76. The molecule has 1 aromatic heterocycles. The van der Waals surface area contributed by atoms with Crippen molar-refractivity contribution in [2.24, 2.45) is 0 Å². The first-order valence-corrected chi connectivity index (χ1v) is 5.42. The van der Waals surface area contributed by atoms with Crippen molar-refractivity contribution < 1.29 is 5.11 Å². The second-order valence-electron chi connectivity index (χ2n) is 2.41. The van der Waals surface area contributed by atoms with Gasteiger partial charge in [0.1, 0.15) is 4.60 Å². The van der Waals surface area contributed by atoms with Crippen molar-refractivity contribution in [2.75, 3.05) is 11.9 Å². The standard InChI is InChI=1S/C7H11BrN2OS/c1-2-5(3-11)9-7-10-6(8)4-12-7/h4-5,11H,2-3H2,1H3,(H,9,10). The summed E-state index contributed by atoms with van der Waals surface area (Å²) in [5.74, 6) is 0. The molecule has 0 aromatic carbocycles. The number of aliphatic hydroxyl groups is 1. The van der Waals surface area contributed by atoms with Gasteiger partial charge in [-0.15, -0.1) is 11.3 Å². The molecule has 0 aliphatic rings. The minimum absolute atomic E-state index is 0.114. The molecule has 68 valence electrons. The molecular weight excluding hydrogens is 240 g/mol. The van der Waals surface area contributed by atoms with Crippen LogP contribution in [0.1, 0.15) is 13.3 Å². The molecule has 0 aliphatic heterocycles. The van der Waals surface area contributed by atoms with Crippen molar-refractivity contribution in [2.45, 2.75) is 19.4 Å². The summed E-state index contributed by atoms with van der Waals surface area (Å²) in [4.78, 5) is 4.16. The fourth-order valence-corrected chi connectivity index (χ4v) is 1.99. The van der Waals surface area contributed by atoms with E-state index in [1.54, 1.807) is 0 Å². The molecule has 1 rings (SSSR count). The highest BCUT2D eigenvalue weighted by Crippen LogP contribution is 2.20. The van der Waals surface area contributed by atoms with Crippen molar-refractivity contribution in [1.29, 1.82) is 0 Å². The number of halogens is 1. The zero-order valence-corrected chi connectivity index (χ0v) is 9.15. The van der Waals surface area contributed by atoms with E-state index in [9.17, 15) is 0 Å². The molecule has 12 heavy (non-hydrogen) atoms. The Balaban J connectivity index is 2.50. The molecule has 0 amide bonds. The zero-order chi connectivity index (χ0) is 8.97. The Morgan fingerprint density at radius 3 is 3.00 bits per heavy atom. The first kappa shape index (κ1) is 9.95. The van der Waals surface area contributed by atoms with Gasteiger partial charge in [0.25, 0.3) is 0 Å². The van der Waals surface area contributed by atoms with Crippen LogP contribution in [-0.2, 0) is 0 Å². The lowest BCUT2D eigenvalue weighted by Gasteiger charge is -2.11. The lowest BCUT2D eigenvalue weighted by Crippen LogP contribution is -2.22. The molecule has 1 aromatic rings. The van der Waals surface area contributed by atoms with Gasteiger partial charge in [-0.05, 0) is 22.4 Å². The molecule has 1 heterocycles. The Kier molecular flexibility index (Phi) is 3.97. The number of rotatable bonds is 4. The summed E-state index contributed by atoms with van der Waals surface area (Å²) < 4.78 is 0.836. The highest BCUT2D eigenvalue weighted by molar-refractivity contribution is 9.10. The van der Waals surface area contributed by atoms with E-state index >= 15 is 0 Å². The Morgan fingerprint density at radius 2 is 2.58 bits per heavy atom. The Bertz CT molecular complexity index is 237. The van der Waals surface area contributed by atoms with Gasteiger partial charge in [0.05, 0.1) is 12.6 Å². The predicted octanol–water partition coefficient (Wildman–Crippen LogP) is 2.09. The molecule has 0 radical (unpaired) electrons. The van der Waals surface area contributed by atoms with E-state index in [-0.39, 0.29) is 12.6 Å². The number of anilines is 1. The van der Waals surface area contributed by atoms with Crippen LogP contribution in [0.15, 0.2) is 9.98 Å². The van der Waals surface area contributed by atoms with Crippen LogP contribution in [0.3, 0.4) is 0 Å². The smallest absolute Gasteiger partial charge is 0.184 e. The molecule has 1 unspecified atom stereocenters. The molecule has 2 N–H and O–H groups in total. The number of hydrogen-bond donors (Lipinski definition) is 2. The molecule has 1 atom stereocenters. The second kappa shape index (κ2) is 4.79. The number of hydrogen-bond acceptors (Lipinski definition) is 4. The van der Waals surface area contributed by atoms with Gasteiger partial charge in [0.2, 0.25) is 0 Å². The van der Waals surface area contributed by atoms with Gasteiger partial charge in [-0.3, -0.25) is 0 Å². The molecule has 0 fully saturated rings. The van der Waals surface area contributed by atoms with Crippen LogP contribution >= 0.6 is 27.3 Å². The topological polar surface area (TPSA) is 45.1 Å². The predicted molar refractivity (Wildman–Crippen MR) is 54.6 cm³/mol. The van der Waals surface area contributed by atoms with Crippen LogP contribution < -0.4 is 5.32 Å². The Labute approximate surface area is 84.0 Å². The van der Waals surface area contributed by atoms with Crippen LogP contribution in [0.5, 0.6) is 0 Å². The average molecular weight is 251 g/mol. The summed E-state index contributed by atoms with van der Waals surface area (Å²) in [6, 6.07) is 0.114. The van der Waals surface area contributed by atoms with E-state index in [1.165, 1.54) is 11.3 Å². The summed E-state index contributed by atoms with van der Waals surface area (Å²) in [6.07, 6.45) is 0.897. The van der Waals surface area contributed by atoms with Crippen molar-refractivity contribution in [3.8, 4) is 0 Å². The fourth-order valence-electron chi connectivity index (χ4n) is 0.772. The van der Waals surface area contributed by atoms with Gasteiger partial charge < -0.3 is 10.4 Å². The van der Waals surface area contributed by atoms with E-state index in [0.717, 1.165) is 16.2 Å². The minimum atomic E-state index is 0.114. The SMILES string of the molecule is CCC(CO)Nc1nc(Br)cs1. The van der Waals surface area contributed by atoms with Crippen molar-refractivity contribution in [1.82, 2.24) is 4.98 Å². The summed E-state index contributed by atoms with van der Waals surface area (Å²) in [5, 5.41) is 14.8. The highest BCUT2D eigenvalue weighted by atomic mass is 79.9. The maximum Gasteiger partial charge on any atom is 0.184 e. The normalized spacial score (nSPS) is 12.9. The summed E-state index contributed by atoms with van der Waals surface area (Å²) in [6.45, 7) is 2.17. The third-order valence-electron chi connectivity index (χ3n) is 1.52. The van der Waals surface area contributed by atoms with Gasteiger partial charge in [-0.2, -0.15) is 0 Å². The van der Waals surface area contributed by atoms with Crippen LogP contribution in [0, 0.1) is 0 Å². The molecule has 0 bridgehead atoms. The minimum Gasteiger partial charge on any atom is -0.394 e. The van der Waals surface area contributed by atoms with E-state index in [1.807, 2.05) is 12.3 Å². The first-order valence-electron chi connectivity index (χ1n) is 3.74. The van der Waals surface area contributed by atoms with E-state index in [0.29, 0.717) is 0 Å². The quantitative estimate of drug-likeness (QED) is 0.861. The van der Waals surface area contributed by atoms with Gasteiger partial charge in [0, 0.05) is 5.38 Å². The maximum absolute atomic E-state index is 8.90. The number of aromatic nitrogens is 1. The molecule has 0 saturated carbocycles. The van der Waals surface area contributed by atoms with Crippen LogP contribution in [0.2, 0.25) is 0 Å². The Morgan fingerprint density at radius 1 is 1.83 bits per heavy atom. The Hall–Kier alpha value is -0.130. The molecular formula is C7H11BrN2OS. The number of nitrogens with zero attached hydrogens (tertiary/aromatic N) is 1. The van der Waals surface area contributed by atoms with Gasteiger partial charge >= 0.3 is 0 Å². The largest absolute Gasteiger partial charge is 0.394 e. The van der Waals surface area contributed by atoms with E-state index < -0.39 is 0 Å². The molecule has 5 heteroatoms. The lowest BCUT2D eigenvalue weighted by molar-refractivity contribution is 0.272. The van der Waals surface area contributed by atoms with Gasteiger partial charge in [-0.1, -0.05) is 6.92 Å². The fraction of sp³-hybridized carbons (Fsp3) is 0.571. The van der Waals surface area contributed by atoms with Crippen molar-refractivity contribution >= 4 is 32.4 Å². The van der Waals surface area contributed by atoms with Crippen molar-refractivity contribution in [3.05, 3.63) is 9.98 Å². The highest BCUT2D eigenvalue weighted by Gasteiger charge is 2.06. The summed E-state index contributed by atoms with van der Waals surface area (Å²) in [7, 11) is 0. The van der Waals surface area contributed by atoms with Crippen molar-refractivity contribution in [3.63, 3.8) is 0 Å². The number of aliphatic hydroxyl groups excluding tert-OH is 1. The van der Waals surface area contributed by atoms with E-state index in [4.69, 9.17) is 5.11 Å². The zero-order valence-electron chi connectivity index (χ0n) is 6.75. The summed E-state index contributed by atoms with van der Waals surface area (Å²) >= 11 is 4.79. The maximum atomic E-state index is 8.90. The number of thiazole rings is 1. The van der Waals surface area contributed by atoms with E-state index in [2.05, 4.69) is 26.2 Å². The number of nitrogens with one attached hydrogen (secondary N) is 1. The third-order valence-corrected chi connectivity index (χ3v) is 3.00. The van der Waals surface area contributed by atoms with Gasteiger partial charge in [0.15, 0.2) is 5.13 Å². The van der Waals surface area contributed by atoms with Crippen LogP contribution in [0.4, 0.5) is 5.13 Å². The summed E-state index contributed by atoms with van der Waals surface area (Å²) in [5.41, 5.74) is 0. The van der Waals surface area contributed by atoms with Crippen LogP contribution in [-0.4, -0.2) is 22.7 Å². The molecule has 0 saturated heterocycles. The monoisotopic (exact) mass is 250 g/mol. The molecule has 0 spiro atoms. The van der Waals surface area contributed by atoms with Gasteiger partial charge in [-0.25, -0.2) is 4.98 Å². The van der Waals surface area contributed by atoms with Crippen LogP contribution in [0.25, 0.3) is 0 Å². The lowest BCUT2D eigenvalue weighted by atomic mass is 10.2. The molecule has 3 nitrogen and oxygen atoms in total. The molecule has 0 aliphatic carbocycles.